The van der Waals surface area contributed by atoms with E-state index in [1.54, 1.807) is 36.9 Å². The van der Waals surface area contributed by atoms with Gasteiger partial charge in [0.05, 0.1) is 40.5 Å². The number of rotatable bonds is 6. The highest BCUT2D eigenvalue weighted by atomic mass is 19.1. The number of nitrogens with zero attached hydrogens (tertiary/aromatic N) is 5. The van der Waals surface area contributed by atoms with Crippen LogP contribution < -0.4 is 10.6 Å². The van der Waals surface area contributed by atoms with Crippen molar-refractivity contribution in [2.24, 2.45) is 5.92 Å². The Labute approximate surface area is 233 Å². The van der Waals surface area contributed by atoms with Crippen LogP contribution in [0.4, 0.5) is 10.1 Å². The lowest BCUT2D eigenvalue weighted by Crippen LogP contribution is -2.30. The average molecular weight is 548 g/mol. The number of nitrogens with one attached hydrogen (secondary N) is 4. The zero-order valence-corrected chi connectivity index (χ0v) is 22.0. The van der Waals surface area contributed by atoms with Gasteiger partial charge >= 0.3 is 0 Å². The van der Waals surface area contributed by atoms with Gasteiger partial charge in [-0.2, -0.15) is 5.10 Å². The lowest BCUT2D eigenvalue weighted by Gasteiger charge is -2.21. The number of carbonyl (C=O) groups excluding carboxylic acids is 1. The van der Waals surface area contributed by atoms with Gasteiger partial charge in [-0.05, 0) is 74.3 Å². The van der Waals surface area contributed by atoms with Gasteiger partial charge in [0.15, 0.2) is 5.82 Å². The number of amides is 1. The number of hydrogen-bond donors (Lipinski definition) is 4. The lowest BCUT2D eigenvalue weighted by atomic mass is 9.94. The first kappa shape index (κ1) is 25.0. The van der Waals surface area contributed by atoms with E-state index in [-0.39, 0.29) is 11.7 Å². The normalized spacial score (nSPS) is 14.1. The molecule has 41 heavy (non-hydrogen) atoms. The topological polar surface area (TPSA) is 137 Å². The molecule has 6 heterocycles. The molecule has 5 aromatic heterocycles. The molecule has 1 aromatic carbocycles. The smallest absolute Gasteiger partial charge is 0.224 e. The molecule has 6 aromatic rings. The van der Waals surface area contributed by atoms with Gasteiger partial charge in [-0.1, -0.05) is 0 Å². The van der Waals surface area contributed by atoms with Crippen molar-refractivity contribution in [2.45, 2.75) is 19.3 Å². The number of H-pyrrole nitrogens is 2. The van der Waals surface area contributed by atoms with E-state index >= 15 is 0 Å². The van der Waals surface area contributed by atoms with Gasteiger partial charge in [-0.15, -0.1) is 0 Å². The fourth-order valence-corrected chi connectivity index (χ4v) is 5.33. The first-order valence-electron chi connectivity index (χ1n) is 13.5. The summed E-state index contributed by atoms with van der Waals surface area (Å²) >= 11 is 0. The summed E-state index contributed by atoms with van der Waals surface area (Å²) in [6, 6.07) is 11.8. The molecular weight excluding hydrogens is 521 g/mol. The number of anilines is 1. The van der Waals surface area contributed by atoms with Gasteiger partial charge in [-0.3, -0.25) is 24.8 Å². The zero-order valence-electron chi connectivity index (χ0n) is 22.0. The molecule has 0 unspecified atom stereocenters. The van der Waals surface area contributed by atoms with Crippen LogP contribution in [0.15, 0.2) is 67.3 Å². The van der Waals surface area contributed by atoms with Gasteiger partial charge in [-0.25, -0.2) is 9.37 Å². The van der Waals surface area contributed by atoms with E-state index in [0.29, 0.717) is 46.4 Å². The van der Waals surface area contributed by atoms with Crippen LogP contribution in [0.5, 0.6) is 0 Å². The van der Waals surface area contributed by atoms with Crippen LogP contribution in [0.3, 0.4) is 0 Å². The third-order valence-electron chi connectivity index (χ3n) is 7.44. The Morgan fingerprint density at radius 1 is 0.951 bits per heavy atom. The van der Waals surface area contributed by atoms with E-state index in [9.17, 15) is 9.18 Å². The molecule has 1 amide bonds. The quantitative estimate of drug-likeness (QED) is 0.228. The van der Waals surface area contributed by atoms with Gasteiger partial charge in [0.2, 0.25) is 5.91 Å². The molecule has 0 atom stereocenters. The third kappa shape index (κ3) is 5.03. The third-order valence-corrected chi connectivity index (χ3v) is 7.44. The van der Waals surface area contributed by atoms with Crippen molar-refractivity contribution in [3.63, 3.8) is 0 Å². The maximum absolute atomic E-state index is 13.5. The maximum Gasteiger partial charge on any atom is 0.224 e. The molecule has 4 N–H and O–H groups in total. The Balaban J connectivity index is 1.19. The van der Waals surface area contributed by atoms with E-state index < -0.39 is 0 Å². The SMILES string of the molecule is O=C(CC1CCNCC1)Nc1cncc(-c2cc3c(-c4nc5c(-c6ccc(F)cc6)nccc5[nH]4)n[nH]c3cn2)c1. The van der Waals surface area contributed by atoms with Crippen LogP contribution in [0.25, 0.3) is 56.0 Å². The van der Waals surface area contributed by atoms with E-state index in [4.69, 9.17) is 4.98 Å². The molecule has 0 spiro atoms. The van der Waals surface area contributed by atoms with Crippen molar-refractivity contribution in [1.29, 1.82) is 0 Å². The Bertz CT molecular complexity index is 1870. The largest absolute Gasteiger partial charge is 0.336 e. The second kappa shape index (κ2) is 10.5. The first-order valence-corrected chi connectivity index (χ1v) is 13.5. The second-order valence-electron chi connectivity index (χ2n) is 10.2. The molecule has 0 bridgehead atoms. The number of pyridine rings is 3. The number of hydrogen-bond acceptors (Lipinski definition) is 7. The molecule has 0 saturated carbocycles. The van der Waals surface area contributed by atoms with Gasteiger partial charge in [0.25, 0.3) is 0 Å². The summed E-state index contributed by atoms with van der Waals surface area (Å²) < 4.78 is 13.5. The number of imidazole rings is 1. The molecule has 1 aliphatic heterocycles. The van der Waals surface area contributed by atoms with Crippen LogP contribution >= 0.6 is 0 Å². The summed E-state index contributed by atoms with van der Waals surface area (Å²) in [5.41, 5.74) is 6.34. The summed E-state index contributed by atoms with van der Waals surface area (Å²) in [5, 5.41) is 14.7. The predicted octanol–water partition coefficient (Wildman–Crippen LogP) is 5.09. The highest BCUT2D eigenvalue weighted by Gasteiger charge is 2.19. The van der Waals surface area contributed by atoms with Gasteiger partial charge in [0.1, 0.15) is 17.0 Å². The zero-order chi connectivity index (χ0) is 27.8. The van der Waals surface area contributed by atoms with E-state index in [1.807, 2.05) is 18.2 Å². The average Bonchev–Trinajstić information content (AvgIpc) is 3.62. The standard InChI is InChI=1S/C30H26FN9O/c31-20-3-1-18(2-4-20)27-29-23(7-10-34-27)37-30(38-29)28-22-13-24(35-16-25(22)39-40-28)19-12-21(15-33-14-19)36-26(41)11-17-5-8-32-9-6-17/h1-4,7,10,12-17,32H,5-6,8-9,11H2,(H,36,41)(H,37,38)(H,39,40). The minimum Gasteiger partial charge on any atom is -0.336 e. The number of aromatic amines is 2. The van der Waals surface area contributed by atoms with Crippen molar-refractivity contribution in [3.05, 3.63) is 73.1 Å². The summed E-state index contributed by atoms with van der Waals surface area (Å²) in [7, 11) is 0. The summed E-state index contributed by atoms with van der Waals surface area (Å²) in [6.07, 6.45) is 9.31. The summed E-state index contributed by atoms with van der Waals surface area (Å²) in [5.74, 6) is 0.653. The van der Waals surface area contributed by atoms with Crippen LogP contribution in [0.1, 0.15) is 19.3 Å². The number of benzene rings is 1. The minimum atomic E-state index is -0.309. The molecule has 10 nitrogen and oxygen atoms in total. The van der Waals surface area contributed by atoms with Gasteiger partial charge < -0.3 is 15.6 Å². The molecule has 204 valence electrons. The Hall–Kier alpha value is -5.03. The highest BCUT2D eigenvalue weighted by Crippen LogP contribution is 2.32. The first-order chi connectivity index (χ1) is 20.1. The Kier molecular flexibility index (Phi) is 6.40. The number of halogens is 1. The number of piperidine rings is 1. The summed E-state index contributed by atoms with van der Waals surface area (Å²) in [6.45, 7) is 1.92. The molecule has 1 saturated heterocycles. The lowest BCUT2D eigenvalue weighted by molar-refractivity contribution is -0.117. The molecule has 7 rings (SSSR count). The fourth-order valence-electron chi connectivity index (χ4n) is 5.33. The van der Waals surface area contributed by atoms with Crippen LogP contribution in [-0.2, 0) is 4.79 Å². The van der Waals surface area contributed by atoms with Crippen molar-refractivity contribution < 1.29 is 9.18 Å². The number of carbonyl (C=O) groups is 1. The van der Waals surface area contributed by atoms with E-state index in [1.165, 1.54) is 12.1 Å². The van der Waals surface area contributed by atoms with Crippen molar-refractivity contribution in [1.82, 2.24) is 40.4 Å². The van der Waals surface area contributed by atoms with Crippen LogP contribution in [0, 0.1) is 11.7 Å². The van der Waals surface area contributed by atoms with Crippen LogP contribution in [0.2, 0.25) is 0 Å². The molecule has 1 fully saturated rings. The molecule has 11 heteroatoms. The summed E-state index contributed by atoms with van der Waals surface area (Å²) in [4.78, 5) is 34.3. The van der Waals surface area contributed by atoms with Crippen molar-refractivity contribution in [3.8, 4) is 34.0 Å². The predicted molar refractivity (Wildman–Crippen MR) is 154 cm³/mol. The van der Waals surface area contributed by atoms with Crippen molar-refractivity contribution in [2.75, 3.05) is 18.4 Å². The number of fused-ring (bicyclic) bond motifs is 2. The van der Waals surface area contributed by atoms with E-state index in [2.05, 4.69) is 40.8 Å². The van der Waals surface area contributed by atoms with Crippen LogP contribution in [-0.4, -0.2) is 54.1 Å². The number of aromatic nitrogens is 7. The fraction of sp³-hybridized carbons (Fsp3) is 0.200. The highest BCUT2D eigenvalue weighted by molar-refractivity contribution is 5.97. The van der Waals surface area contributed by atoms with E-state index in [0.717, 1.165) is 53.5 Å². The molecule has 0 aliphatic carbocycles. The monoisotopic (exact) mass is 547 g/mol. The Morgan fingerprint density at radius 2 is 1.80 bits per heavy atom. The van der Waals surface area contributed by atoms with Gasteiger partial charge in [0, 0.05) is 35.3 Å². The Morgan fingerprint density at radius 3 is 2.66 bits per heavy atom. The second-order valence-corrected chi connectivity index (χ2v) is 10.2. The molecule has 0 radical (unpaired) electrons. The minimum absolute atomic E-state index is 0.00392. The van der Waals surface area contributed by atoms with Crippen molar-refractivity contribution >= 4 is 33.5 Å². The molecular formula is C30H26FN9O. The molecule has 1 aliphatic rings. The maximum atomic E-state index is 13.5.